The molecule has 1 amide bonds. The lowest BCUT2D eigenvalue weighted by Crippen LogP contribution is -2.22. The molecular formula is C19H21NO7. The van der Waals surface area contributed by atoms with Crippen LogP contribution in [0.1, 0.15) is 10.4 Å². The summed E-state index contributed by atoms with van der Waals surface area (Å²) >= 11 is 0. The first-order valence-corrected chi connectivity index (χ1v) is 7.94. The average Bonchev–Trinajstić information content (AvgIpc) is 2.71. The highest BCUT2D eigenvalue weighted by Gasteiger charge is 2.19. The van der Waals surface area contributed by atoms with Crippen molar-refractivity contribution in [2.45, 2.75) is 0 Å². The van der Waals surface area contributed by atoms with Gasteiger partial charge in [-0.2, -0.15) is 0 Å². The third kappa shape index (κ3) is 4.81. The van der Waals surface area contributed by atoms with E-state index in [2.05, 4.69) is 5.32 Å². The summed E-state index contributed by atoms with van der Waals surface area (Å²) in [6.07, 6.45) is 0. The molecule has 1 N–H and O–H groups in total. The molecule has 0 heterocycles. The molecule has 0 fully saturated rings. The lowest BCUT2D eigenvalue weighted by molar-refractivity contribution is -0.118. The molecule has 0 saturated heterocycles. The van der Waals surface area contributed by atoms with Crippen LogP contribution in [0.3, 0.4) is 0 Å². The fraction of sp³-hybridized carbons (Fsp3) is 0.263. The number of ether oxygens (including phenoxy) is 5. The van der Waals surface area contributed by atoms with Crippen LogP contribution in [-0.2, 0) is 9.53 Å². The summed E-state index contributed by atoms with van der Waals surface area (Å²) in [5, 5.41) is 2.62. The van der Waals surface area contributed by atoms with Gasteiger partial charge in [0, 0.05) is 12.1 Å². The van der Waals surface area contributed by atoms with Gasteiger partial charge in [0.05, 0.1) is 39.7 Å². The number of carbonyl (C=O) groups excluding carboxylic acids is 2. The number of hydrogen-bond donors (Lipinski definition) is 1. The van der Waals surface area contributed by atoms with Gasteiger partial charge < -0.3 is 29.0 Å². The van der Waals surface area contributed by atoms with Crippen LogP contribution in [0, 0.1) is 0 Å². The molecule has 2 aromatic rings. The molecule has 0 saturated carbocycles. The van der Waals surface area contributed by atoms with Gasteiger partial charge in [0.1, 0.15) is 0 Å². The maximum absolute atomic E-state index is 12.3. The number of nitrogens with one attached hydrogen (secondary N) is 1. The Morgan fingerprint density at radius 1 is 0.852 bits per heavy atom. The number of para-hydroxylation sites is 2. The second kappa shape index (κ2) is 9.33. The number of hydrogen-bond acceptors (Lipinski definition) is 7. The van der Waals surface area contributed by atoms with E-state index in [1.165, 1.54) is 40.6 Å². The monoisotopic (exact) mass is 375 g/mol. The van der Waals surface area contributed by atoms with Crippen LogP contribution >= 0.6 is 0 Å². The van der Waals surface area contributed by atoms with Crippen molar-refractivity contribution >= 4 is 17.6 Å². The van der Waals surface area contributed by atoms with Crippen molar-refractivity contribution in [2.24, 2.45) is 0 Å². The Kier molecular flexibility index (Phi) is 6.87. The largest absolute Gasteiger partial charge is 0.493 e. The van der Waals surface area contributed by atoms with Crippen LogP contribution in [0.25, 0.3) is 0 Å². The van der Waals surface area contributed by atoms with E-state index in [0.717, 1.165) is 0 Å². The zero-order valence-corrected chi connectivity index (χ0v) is 15.5. The SMILES string of the molecule is COC(=O)c1cc(OC)c(OC)cc1NC(=O)COc1ccccc1OC. The zero-order chi connectivity index (χ0) is 19.8. The van der Waals surface area contributed by atoms with Gasteiger partial charge in [-0.25, -0.2) is 4.79 Å². The predicted molar refractivity (Wildman–Crippen MR) is 98.0 cm³/mol. The molecule has 27 heavy (non-hydrogen) atoms. The highest BCUT2D eigenvalue weighted by molar-refractivity contribution is 6.02. The van der Waals surface area contributed by atoms with Crippen molar-refractivity contribution in [1.29, 1.82) is 0 Å². The molecule has 144 valence electrons. The molecule has 8 heteroatoms. The number of anilines is 1. The van der Waals surface area contributed by atoms with E-state index < -0.39 is 11.9 Å². The van der Waals surface area contributed by atoms with E-state index in [1.54, 1.807) is 24.3 Å². The van der Waals surface area contributed by atoms with E-state index in [1.807, 2.05) is 0 Å². The third-order valence-corrected chi connectivity index (χ3v) is 3.63. The highest BCUT2D eigenvalue weighted by atomic mass is 16.5. The van der Waals surface area contributed by atoms with E-state index in [0.29, 0.717) is 23.0 Å². The normalized spacial score (nSPS) is 9.93. The third-order valence-electron chi connectivity index (χ3n) is 3.63. The molecule has 0 aromatic heterocycles. The summed E-state index contributed by atoms with van der Waals surface area (Å²) in [5.41, 5.74) is 0.342. The minimum absolute atomic E-state index is 0.126. The molecule has 0 aliphatic heterocycles. The Bertz CT molecular complexity index is 820. The molecular weight excluding hydrogens is 354 g/mol. The maximum Gasteiger partial charge on any atom is 0.340 e. The number of rotatable bonds is 8. The van der Waals surface area contributed by atoms with Crippen molar-refractivity contribution in [3.63, 3.8) is 0 Å². The molecule has 0 spiro atoms. The topological polar surface area (TPSA) is 92.3 Å². The second-order valence-corrected chi connectivity index (χ2v) is 5.23. The van der Waals surface area contributed by atoms with Crippen LogP contribution < -0.4 is 24.3 Å². The lowest BCUT2D eigenvalue weighted by atomic mass is 10.1. The van der Waals surface area contributed by atoms with Crippen molar-refractivity contribution in [1.82, 2.24) is 0 Å². The fourth-order valence-corrected chi connectivity index (χ4v) is 2.33. The maximum atomic E-state index is 12.3. The Balaban J connectivity index is 2.19. The van der Waals surface area contributed by atoms with Crippen LogP contribution in [0.5, 0.6) is 23.0 Å². The minimum atomic E-state index is -0.628. The molecule has 0 atom stereocenters. The van der Waals surface area contributed by atoms with Gasteiger partial charge in [-0.05, 0) is 12.1 Å². The van der Waals surface area contributed by atoms with Crippen molar-refractivity contribution in [3.05, 3.63) is 42.0 Å². The second-order valence-electron chi connectivity index (χ2n) is 5.23. The quantitative estimate of drug-likeness (QED) is 0.709. The van der Waals surface area contributed by atoms with Crippen molar-refractivity contribution < 1.29 is 33.3 Å². The van der Waals surface area contributed by atoms with Crippen molar-refractivity contribution in [2.75, 3.05) is 40.4 Å². The van der Waals surface area contributed by atoms with E-state index in [-0.39, 0.29) is 17.9 Å². The Labute approximate surface area is 156 Å². The van der Waals surface area contributed by atoms with Gasteiger partial charge >= 0.3 is 5.97 Å². The molecule has 2 rings (SSSR count). The molecule has 0 aliphatic rings. The van der Waals surface area contributed by atoms with E-state index in [9.17, 15) is 9.59 Å². The number of amides is 1. The van der Waals surface area contributed by atoms with Gasteiger partial charge in [0.25, 0.3) is 5.91 Å². The number of esters is 1. The number of methoxy groups -OCH3 is 4. The number of benzene rings is 2. The smallest absolute Gasteiger partial charge is 0.340 e. The summed E-state index contributed by atoms with van der Waals surface area (Å²) in [4.78, 5) is 24.3. The molecule has 8 nitrogen and oxygen atoms in total. The predicted octanol–water partition coefficient (Wildman–Crippen LogP) is 2.52. The van der Waals surface area contributed by atoms with Crippen LogP contribution in [0.2, 0.25) is 0 Å². The van der Waals surface area contributed by atoms with E-state index in [4.69, 9.17) is 23.7 Å². The van der Waals surface area contributed by atoms with Crippen LogP contribution in [0.4, 0.5) is 5.69 Å². The number of carbonyl (C=O) groups is 2. The fourth-order valence-electron chi connectivity index (χ4n) is 2.33. The summed E-state index contributed by atoms with van der Waals surface area (Å²) in [6.45, 7) is -0.282. The van der Waals surface area contributed by atoms with Gasteiger partial charge in [0.15, 0.2) is 29.6 Å². The van der Waals surface area contributed by atoms with Crippen LogP contribution in [-0.4, -0.2) is 46.9 Å². The Morgan fingerprint density at radius 2 is 1.44 bits per heavy atom. The van der Waals surface area contributed by atoms with Crippen LogP contribution in [0.15, 0.2) is 36.4 Å². The highest BCUT2D eigenvalue weighted by Crippen LogP contribution is 2.34. The lowest BCUT2D eigenvalue weighted by Gasteiger charge is -2.15. The molecule has 0 radical (unpaired) electrons. The Hall–Kier alpha value is -3.42. The molecule has 0 unspecified atom stereocenters. The Morgan fingerprint density at radius 3 is 2.04 bits per heavy atom. The van der Waals surface area contributed by atoms with Gasteiger partial charge in [-0.1, -0.05) is 12.1 Å². The summed E-state index contributed by atoms with van der Waals surface area (Å²) < 4.78 is 25.8. The summed E-state index contributed by atoms with van der Waals surface area (Å²) in [6, 6.07) is 9.87. The van der Waals surface area contributed by atoms with Gasteiger partial charge in [-0.3, -0.25) is 4.79 Å². The first-order chi connectivity index (χ1) is 13.0. The first kappa shape index (κ1) is 19.9. The molecule has 0 aliphatic carbocycles. The summed E-state index contributed by atoms with van der Waals surface area (Å²) in [5.74, 6) is 0.518. The van der Waals surface area contributed by atoms with E-state index >= 15 is 0 Å². The average molecular weight is 375 g/mol. The molecule has 2 aromatic carbocycles. The van der Waals surface area contributed by atoms with Crippen molar-refractivity contribution in [3.8, 4) is 23.0 Å². The summed E-state index contributed by atoms with van der Waals surface area (Å²) in [7, 11) is 5.65. The minimum Gasteiger partial charge on any atom is -0.493 e. The molecule has 0 bridgehead atoms. The van der Waals surface area contributed by atoms with Gasteiger partial charge in [-0.15, -0.1) is 0 Å². The van der Waals surface area contributed by atoms with Gasteiger partial charge in [0.2, 0.25) is 0 Å². The zero-order valence-electron chi connectivity index (χ0n) is 15.5. The standard InChI is InChI=1S/C19H21NO7/c1-23-14-7-5-6-8-15(14)27-11-18(21)20-13-10-17(25-3)16(24-2)9-12(13)19(22)26-4/h5-10H,11H2,1-4H3,(H,20,21). The first-order valence-electron chi connectivity index (χ1n) is 7.94.